The first-order chi connectivity index (χ1) is 10.1. The zero-order valence-corrected chi connectivity index (χ0v) is 13.7. The van der Waals surface area contributed by atoms with Crippen LogP contribution in [0.15, 0.2) is 12.1 Å². The number of methoxy groups -OCH3 is 1. The van der Waals surface area contributed by atoms with E-state index in [0.717, 1.165) is 43.2 Å². The average Bonchev–Trinajstić information content (AvgIpc) is 2.96. The number of pyridine rings is 1. The van der Waals surface area contributed by atoms with Gasteiger partial charge in [-0.1, -0.05) is 19.8 Å². The summed E-state index contributed by atoms with van der Waals surface area (Å²) >= 11 is 0. The highest BCUT2D eigenvalue weighted by atomic mass is 16.5. The van der Waals surface area contributed by atoms with Crippen LogP contribution in [0.5, 0.6) is 5.75 Å². The van der Waals surface area contributed by atoms with E-state index < -0.39 is 0 Å². The van der Waals surface area contributed by atoms with Crippen LogP contribution in [-0.4, -0.2) is 35.6 Å². The lowest BCUT2D eigenvalue weighted by atomic mass is 9.94. The Morgan fingerprint density at radius 1 is 1.33 bits per heavy atom. The SMILES string of the molecule is CCCN(Cc1cc(OC)cc(C)n1)C1(CN)CCCC1. The Labute approximate surface area is 128 Å². The van der Waals surface area contributed by atoms with E-state index in [1.807, 2.05) is 13.0 Å². The molecular weight excluding hydrogens is 262 g/mol. The minimum absolute atomic E-state index is 0.175. The summed E-state index contributed by atoms with van der Waals surface area (Å²) in [6, 6.07) is 4.02. The van der Waals surface area contributed by atoms with E-state index in [1.54, 1.807) is 7.11 Å². The van der Waals surface area contributed by atoms with Gasteiger partial charge in [0.1, 0.15) is 5.75 Å². The van der Waals surface area contributed by atoms with Gasteiger partial charge in [0.15, 0.2) is 0 Å². The first-order valence-electron chi connectivity index (χ1n) is 8.10. The minimum atomic E-state index is 0.175. The van der Waals surface area contributed by atoms with Gasteiger partial charge in [-0.15, -0.1) is 0 Å². The molecule has 1 aromatic heterocycles. The minimum Gasteiger partial charge on any atom is -0.497 e. The van der Waals surface area contributed by atoms with Crippen molar-refractivity contribution < 1.29 is 4.74 Å². The summed E-state index contributed by atoms with van der Waals surface area (Å²) < 4.78 is 5.37. The van der Waals surface area contributed by atoms with E-state index in [0.29, 0.717) is 0 Å². The fraction of sp³-hybridized carbons (Fsp3) is 0.706. The van der Waals surface area contributed by atoms with Crippen molar-refractivity contribution in [3.63, 3.8) is 0 Å². The van der Waals surface area contributed by atoms with Gasteiger partial charge in [-0.2, -0.15) is 0 Å². The molecule has 118 valence electrons. The van der Waals surface area contributed by atoms with Gasteiger partial charge in [0.25, 0.3) is 0 Å². The largest absolute Gasteiger partial charge is 0.497 e. The second kappa shape index (κ2) is 7.23. The maximum absolute atomic E-state index is 6.15. The van der Waals surface area contributed by atoms with Crippen molar-refractivity contribution in [3.8, 4) is 5.75 Å². The van der Waals surface area contributed by atoms with Crippen molar-refractivity contribution >= 4 is 0 Å². The Balaban J connectivity index is 2.21. The number of rotatable bonds is 7. The highest BCUT2D eigenvalue weighted by Gasteiger charge is 2.38. The van der Waals surface area contributed by atoms with Crippen LogP contribution < -0.4 is 10.5 Å². The second-order valence-electron chi connectivity index (χ2n) is 6.20. The third kappa shape index (κ3) is 3.74. The van der Waals surface area contributed by atoms with Crippen molar-refractivity contribution in [3.05, 3.63) is 23.5 Å². The molecule has 1 aliphatic rings. The molecule has 2 rings (SSSR count). The first-order valence-corrected chi connectivity index (χ1v) is 8.10. The van der Waals surface area contributed by atoms with Crippen LogP contribution in [0.3, 0.4) is 0 Å². The number of aromatic nitrogens is 1. The van der Waals surface area contributed by atoms with Crippen LogP contribution in [-0.2, 0) is 6.54 Å². The molecule has 1 aliphatic carbocycles. The lowest BCUT2D eigenvalue weighted by Crippen LogP contribution is -2.52. The van der Waals surface area contributed by atoms with Crippen LogP contribution >= 0.6 is 0 Å². The van der Waals surface area contributed by atoms with Crippen molar-refractivity contribution in [2.24, 2.45) is 5.73 Å². The molecule has 0 spiro atoms. The van der Waals surface area contributed by atoms with Crippen molar-refractivity contribution in [2.75, 3.05) is 20.2 Å². The molecule has 4 nitrogen and oxygen atoms in total. The second-order valence-corrected chi connectivity index (χ2v) is 6.20. The van der Waals surface area contributed by atoms with Crippen LogP contribution in [0.2, 0.25) is 0 Å². The van der Waals surface area contributed by atoms with Gasteiger partial charge in [-0.3, -0.25) is 9.88 Å². The Kier molecular flexibility index (Phi) is 5.59. The topological polar surface area (TPSA) is 51.4 Å². The summed E-state index contributed by atoms with van der Waals surface area (Å²) in [5.74, 6) is 0.891. The zero-order valence-electron chi connectivity index (χ0n) is 13.7. The quantitative estimate of drug-likeness (QED) is 0.839. The van der Waals surface area contributed by atoms with Gasteiger partial charge in [0.05, 0.1) is 12.8 Å². The lowest BCUT2D eigenvalue weighted by Gasteiger charge is -2.40. The molecule has 21 heavy (non-hydrogen) atoms. The fourth-order valence-corrected chi connectivity index (χ4v) is 3.53. The molecule has 0 amide bonds. The van der Waals surface area contributed by atoms with E-state index in [2.05, 4.69) is 22.9 Å². The number of ether oxygens (including phenoxy) is 1. The Morgan fingerprint density at radius 2 is 2.05 bits per heavy atom. The molecular formula is C17H29N3O. The maximum Gasteiger partial charge on any atom is 0.122 e. The van der Waals surface area contributed by atoms with E-state index in [4.69, 9.17) is 10.5 Å². The lowest BCUT2D eigenvalue weighted by molar-refractivity contribution is 0.0888. The standard InChI is InChI=1S/C17H29N3O/c1-4-9-20(17(13-18)7-5-6-8-17)12-15-11-16(21-3)10-14(2)19-15/h10-11H,4-9,12-13,18H2,1-3H3. The fourth-order valence-electron chi connectivity index (χ4n) is 3.53. The van der Waals surface area contributed by atoms with Crippen LogP contribution in [0, 0.1) is 6.92 Å². The molecule has 0 saturated heterocycles. The third-order valence-corrected chi connectivity index (χ3v) is 4.65. The van der Waals surface area contributed by atoms with Gasteiger partial charge in [-0.05, 0) is 32.7 Å². The van der Waals surface area contributed by atoms with Crippen LogP contribution in [0.1, 0.15) is 50.4 Å². The third-order valence-electron chi connectivity index (χ3n) is 4.65. The summed E-state index contributed by atoms with van der Waals surface area (Å²) in [7, 11) is 1.71. The molecule has 0 radical (unpaired) electrons. The smallest absolute Gasteiger partial charge is 0.122 e. The molecule has 1 saturated carbocycles. The first kappa shape index (κ1) is 16.2. The van der Waals surface area contributed by atoms with Gasteiger partial charge in [0, 0.05) is 36.5 Å². The molecule has 1 heterocycles. The van der Waals surface area contributed by atoms with E-state index in [1.165, 1.54) is 25.7 Å². The summed E-state index contributed by atoms with van der Waals surface area (Å²) in [6.07, 6.45) is 6.16. The molecule has 0 unspecified atom stereocenters. The zero-order chi connectivity index (χ0) is 15.3. The van der Waals surface area contributed by atoms with Crippen molar-refractivity contribution in [2.45, 2.75) is 58.0 Å². The van der Waals surface area contributed by atoms with E-state index >= 15 is 0 Å². The van der Waals surface area contributed by atoms with E-state index in [-0.39, 0.29) is 5.54 Å². The molecule has 4 heteroatoms. The highest BCUT2D eigenvalue weighted by molar-refractivity contribution is 5.26. The number of hydrogen-bond acceptors (Lipinski definition) is 4. The van der Waals surface area contributed by atoms with Crippen LogP contribution in [0.4, 0.5) is 0 Å². The number of nitrogens with zero attached hydrogens (tertiary/aromatic N) is 2. The Hall–Kier alpha value is -1.13. The van der Waals surface area contributed by atoms with E-state index in [9.17, 15) is 0 Å². The molecule has 0 aliphatic heterocycles. The summed E-state index contributed by atoms with van der Waals surface area (Å²) in [4.78, 5) is 7.23. The normalized spacial score (nSPS) is 17.4. The number of hydrogen-bond donors (Lipinski definition) is 1. The Bertz CT molecular complexity index is 455. The summed E-state index contributed by atoms with van der Waals surface area (Å²) in [5.41, 5.74) is 8.42. The highest BCUT2D eigenvalue weighted by Crippen LogP contribution is 2.35. The predicted octanol–water partition coefficient (Wildman–Crippen LogP) is 2.88. The van der Waals surface area contributed by atoms with Crippen LogP contribution in [0.25, 0.3) is 0 Å². The Morgan fingerprint density at radius 3 is 2.62 bits per heavy atom. The van der Waals surface area contributed by atoms with Crippen molar-refractivity contribution in [1.82, 2.24) is 9.88 Å². The maximum atomic E-state index is 6.15. The van der Waals surface area contributed by atoms with Gasteiger partial charge in [-0.25, -0.2) is 0 Å². The molecule has 0 bridgehead atoms. The number of aryl methyl sites for hydroxylation is 1. The average molecular weight is 291 g/mol. The molecule has 0 atom stereocenters. The van der Waals surface area contributed by atoms with Gasteiger partial charge < -0.3 is 10.5 Å². The molecule has 1 fully saturated rings. The molecule has 2 N–H and O–H groups in total. The summed E-state index contributed by atoms with van der Waals surface area (Å²) in [5, 5.41) is 0. The molecule has 0 aromatic carbocycles. The monoisotopic (exact) mass is 291 g/mol. The molecule has 1 aromatic rings. The van der Waals surface area contributed by atoms with Crippen molar-refractivity contribution in [1.29, 1.82) is 0 Å². The van der Waals surface area contributed by atoms with Gasteiger partial charge in [0.2, 0.25) is 0 Å². The summed E-state index contributed by atoms with van der Waals surface area (Å²) in [6.45, 7) is 6.94. The predicted molar refractivity (Wildman–Crippen MR) is 86.5 cm³/mol. The number of nitrogens with two attached hydrogens (primary N) is 1. The van der Waals surface area contributed by atoms with Gasteiger partial charge >= 0.3 is 0 Å².